The van der Waals surface area contributed by atoms with Crippen molar-refractivity contribution in [3.8, 4) is 6.07 Å². The molecule has 0 atom stereocenters. The molecule has 0 radical (unpaired) electrons. The van der Waals surface area contributed by atoms with Crippen molar-refractivity contribution in [2.75, 3.05) is 0 Å². The second-order valence-corrected chi connectivity index (χ2v) is 6.69. The van der Waals surface area contributed by atoms with Gasteiger partial charge in [-0.25, -0.2) is 4.79 Å². The van der Waals surface area contributed by atoms with Gasteiger partial charge in [-0.15, -0.1) is 0 Å². The van der Waals surface area contributed by atoms with E-state index in [0.717, 1.165) is 19.1 Å². The maximum absolute atomic E-state index is 12.7. The summed E-state index contributed by atoms with van der Waals surface area (Å²) in [6, 6.07) is 2.83. The lowest BCUT2D eigenvalue weighted by Crippen LogP contribution is -2.10. The minimum absolute atomic E-state index is 0.0382. The fourth-order valence-corrected chi connectivity index (χ4v) is 2.17. The molecule has 0 saturated heterocycles. The van der Waals surface area contributed by atoms with Crippen molar-refractivity contribution in [1.29, 1.82) is 5.26 Å². The van der Waals surface area contributed by atoms with E-state index in [-0.39, 0.29) is 23.5 Å². The monoisotopic (exact) mass is 327 g/mol. The van der Waals surface area contributed by atoms with Crippen LogP contribution in [0.2, 0.25) is 0 Å². The van der Waals surface area contributed by atoms with Crippen LogP contribution in [0.5, 0.6) is 0 Å². The molecule has 9 heteroatoms. The molecule has 0 N–H and O–H groups in total. The number of nitriles is 1. The first-order valence-electron chi connectivity index (χ1n) is 5.37. The molecule has 1 rings (SSSR count). The van der Waals surface area contributed by atoms with E-state index >= 15 is 0 Å². The molecule has 0 bridgehead atoms. The van der Waals surface area contributed by atoms with Crippen LogP contribution in [-0.4, -0.2) is 5.97 Å². The Morgan fingerprint density at radius 1 is 1.24 bits per heavy atom. The number of hydrogen-bond acceptors (Lipinski definition) is 3. The Balaban J connectivity index is 3.31. The minimum Gasteiger partial charge on any atom is -0.427 e. The van der Waals surface area contributed by atoms with Gasteiger partial charge in [0.25, 0.3) is 0 Å². The number of rotatable bonds is 3. The summed E-state index contributed by atoms with van der Waals surface area (Å²) in [5.41, 5.74) is -0.849. The van der Waals surface area contributed by atoms with E-state index in [1.807, 2.05) is 0 Å². The largest absolute Gasteiger partial charge is 0.427 e. The third kappa shape index (κ3) is 4.75. The van der Waals surface area contributed by atoms with Gasteiger partial charge in [0.15, 0.2) is 0 Å². The fourth-order valence-electron chi connectivity index (χ4n) is 1.41. The summed E-state index contributed by atoms with van der Waals surface area (Å²) in [7, 11) is -9.88. The average Bonchev–Trinajstić information content (AvgIpc) is 2.25. The van der Waals surface area contributed by atoms with Crippen molar-refractivity contribution in [2.45, 2.75) is 18.7 Å². The molecule has 1 aromatic rings. The SMILES string of the molecule is C/C(=C/C#N)OC(=O)c1cc(C)cc(S(F)(F)(F)(F)F)c1. The molecule has 0 spiro atoms. The van der Waals surface area contributed by atoms with Crippen molar-refractivity contribution >= 4 is 16.2 Å². The quantitative estimate of drug-likeness (QED) is 0.330. The first-order valence-corrected chi connectivity index (χ1v) is 7.32. The Bertz CT molecular complexity index is 673. The van der Waals surface area contributed by atoms with Crippen molar-refractivity contribution in [3.05, 3.63) is 41.2 Å². The highest BCUT2D eigenvalue weighted by molar-refractivity contribution is 8.45. The Morgan fingerprint density at radius 3 is 2.29 bits per heavy atom. The molecular formula is C12H10F5NO2S. The zero-order valence-corrected chi connectivity index (χ0v) is 11.7. The van der Waals surface area contributed by atoms with E-state index in [1.165, 1.54) is 6.92 Å². The van der Waals surface area contributed by atoms with Gasteiger partial charge < -0.3 is 4.74 Å². The van der Waals surface area contributed by atoms with Gasteiger partial charge >= 0.3 is 16.2 Å². The van der Waals surface area contributed by atoms with Gasteiger partial charge in [0.05, 0.1) is 17.7 Å². The lowest BCUT2D eigenvalue weighted by Gasteiger charge is -2.40. The zero-order valence-electron chi connectivity index (χ0n) is 10.9. The molecule has 3 nitrogen and oxygen atoms in total. The van der Waals surface area contributed by atoms with Gasteiger partial charge in [0.1, 0.15) is 10.7 Å². The highest BCUT2D eigenvalue weighted by Crippen LogP contribution is 3.02. The van der Waals surface area contributed by atoms with E-state index in [0.29, 0.717) is 0 Å². The van der Waals surface area contributed by atoms with Crippen molar-refractivity contribution in [3.63, 3.8) is 0 Å². The van der Waals surface area contributed by atoms with Crippen LogP contribution in [-0.2, 0) is 4.74 Å². The molecule has 0 aromatic heterocycles. The fraction of sp³-hybridized carbons (Fsp3) is 0.167. The molecule has 1 aromatic carbocycles. The Hall–Kier alpha value is -2.08. The number of halogens is 5. The van der Waals surface area contributed by atoms with E-state index < -0.39 is 26.7 Å². The third-order valence-electron chi connectivity index (χ3n) is 2.25. The molecule has 116 valence electrons. The highest BCUT2D eigenvalue weighted by Gasteiger charge is 2.65. The van der Waals surface area contributed by atoms with Crippen LogP contribution in [0.3, 0.4) is 0 Å². The molecule has 0 aliphatic carbocycles. The van der Waals surface area contributed by atoms with E-state index in [2.05, 4.69) is 4.74 Å². The summed E-state index contributed by atoms with van der Waals surface area (Å²) in [5, 5.41) is 8.32. The molecule has 0 unspecified atom stereocenters. The molecule has 0 heterocycles. The number of hydrogen-bond donors (Lipinski definition) is 0. The zero-order chi connectivity index (χ0) is 16.5. The minimum atomic E-state index is -9.88. The number of allylic oxidation sites excluding steroid dienone is 2. The predicted octanol–water partition coefficient (Wildman–Crippen LogP) is 5.24. The summed E-state index contributed by atoms with van der Waals surface area (Å²) in [6.07, 6.45) is 0.846. The van der Waals surface area contributed by atoms with Gasteiger partial charge in [0, 0.05) is 0 Å². The van der Waals surface area contributed by atoms with Crippen LogP contribution in [0.25, 0.3) is 0 Å². The van der Waals surface area contributed by atoms with Crippen LogP contribution in [0.4, 0.5) is 19.4 Å². The normalized spacial score (nSPS) is 15.6. The average molecular weight is 327 g/mol. The summed E-state index contributed by atoms with van der Waals surface area (Å²) in [5.74, 6) is -1.43. The topological polar surface area (TPSA) is 50.1 Å². The van der Waals surface area contributed by atoms with Gasteiger partial charge in [-0.2, -0.15) is 5.26 Å². The van der Waals surface area contributed by atoms with Crippen molar-refractivity contribution in [2.24, 2.45) is 0 Å². The van der Waals surface area contributed by atoms with Crippen LogP contribution < -0.4 is 0 Å². The number of carbonyl (C=O) groups excluding carboxylic acids is 1. The molecule has 0 fully saturated rings. The standard InChI is InChI=1S/C12H10F5NO2S/c1-8-5-10(12(19)20-9(2)3-4-18)7-11(6-8)21(13,14,15,16)17/h3,5-7H,1-2H3/b9-3-. The first kappa shape index (κ1) is 17.0. The number of ether oxygens (including phenoxy) is 1. The number of esters is 1. The number of carbonyl (C=O) groups is 1. The second kappa shape index (κ2) is 4.46. The van der Waals surface area contributed by atoms with Gasteiger partial charge in [-0.05, 0) is 37.6 Å². The van der Waals surface area contributed by atoms with Crippen LogP contribution >= 0.6 is 10.2 Å². The Labute approximate surface area is 117 Å². The summed E-state index contributed by atoms with van der Waals surface area (Å²) in [4.78, 5) is 9.44. The van der Waals surface area contributed by atoms with Gasteiger partial charge in [-0.3, -0.25) is 0 Å². The van der Waals surface area contributed by atoms with E-state index in [4.69, 9.17) is 5.26 Å². The molecule has 0 saturated carbocycles. The second-order valence-electron chi connectivity index (χ2n) is 4.28. The summed E-state index contributed by atoms with van der Waals surface area (Å²) >= 11 is 0. The molecule has 0 amide bonds. The van der Waals surface area contributed by atoms with Crippen LogP contribution in [0.1, 0.15) is 22.8 Å². The van der Waals surface area contributed by atoms with Crippen molar-refractivity contribution in [1.82, 2.24) is 0 Å². The summed E-state index contributed by atoms with van der Waals surface area (Å²) in [6.45, 7) is 2.37. The first-order chi connectivity index (χ1) is 9.22. The maximum atomic E-state index is 12.7. The number of nitrogens with zero attached hydrogens (tertiary/aromatic N) is 1. The molecule has 0 aliphatic heterocycles. The lowest BCUT2D eigenvalue weighted by molar-refractivity contribution is 0.0626. The van der Waals surface area contributed by atoms with Crippen molar-refractivity contribution < 1.29 is 29.0 Å². The predicted molar refractivity (Wildman–Crippen MR) is 67.4 cm³/mol. The van der Waals surface area contributed by atoms with Gasteiger partial charge in [-0.1, -0.05) is 19.4 Å². The molecule has 0 aliphatic rings. The van der Waals surface area contributed by atoms with E-state index in [9.17, 15) is 24.2 Å². The van der Waals surface area contributed by atoms with Crippen LogP contribution in [0, 0.1) is 18.3 Å². The number of benzene rings is 1. The lowest BCUT2D eigenvalue weighted by atomic mass is 10.1. The van der Waals surface area contributed by atoms with Gasteiger partial charge in [0.2, 0.25) is 0 Å². The number of aryl methyl sites for hydroxylation is 1. The third-order valence-corrected chi connectivity index (χ3v) is 3.38. The van der Waals surface area contributed by atoms with Crippen LogP contribution in [0.15, 0.2) is 34.9 Å². The smallest absolute Gasteiger partial charge is 0.343 e. The Kier molecular flexibility index (Phi) is 3.60. The Morgan fingerprint density at radius 2 is 1.81 bits per heavy atom. The summed E-state index contributed by atoms with van der Waals surface area (Å²) < 4.78 is 68.3. The molecular weight excluding hydrogens is 317 g/mol. The maximum Gasteiger partial charge on any atom is 0.343 e. The molecule has 21 heavy (non-hydrogen) atoms. The van der Waals surface area contributed by atoms with E-state index in [1.54, 1.807) is 6.07 Å². The highest BCUT2D eigenvalue weighted by atomic mass is 32.5.